The molecule has 3 rings (SSSR count). The van der Waals surface area contributed by atoms with E-state index in [9.17, 15) is 9.59 Å². The van der Waals surface area contributed by atoms with Crippen molar-refractivity contribution in [2.45, 2.75) is 33.1 Å². The van der Waals surface area contributed by atoms with Crippen molar-refractivity contribution in [3.63, 3.8) is 0 Å². The van der Waals surface area contributed by atoms with Gasteiger partial charge in [-0.15, -0.1) is 0 Å². The first-order chi connectivity index (χ1) is 12.6. The molecule has 2 aromatic rings. The molecule has 0 bridgehead atoms. The number of hydrogen-bond acceptors (Lipinski definition) is 4. The Morgan fingerprint density at radius 3 is 2.33 bits per heavy atom. The largest absolute Gasteiger partial charge is 0.396 e. The third kappa shape index (κ3) is 3.26. The molecule has 2 aromatic carbocycles. The van der Waals surface area contributed by atoms with Crippen LogP contribution >= 0.6 is 12.2 Å². The Bertz CT molecular complexity index is 962. The minimum atomic E-state index is -0.840. The van der Waals surface area contributed by atoms with Crippen LogP contribution in [0.15, 0.2) is 30.3 Å². The first kappa shape index (κ1) is 18.8. The number of carbonyl (C=O) groups is 2. The number of nitrogens with two attached hydrogens (primary N) is 1. The number of amides is 2. The number of rotatable bonds is 2. The summed E-state index contributed by atoms with van der Waals surface area (Å²) in [6.45, 7) is 7.50. The Labute approximate surface area is 163 Å². The van der Waals surface area contributed by atoms with Crippen molar-refractivity contribution in [3.8, 4) is 0 Å². The van der Waals surface area contributed by atoms with Crippen LogP contribution in [0, 0.1) is 13.8 Å². The molecule has 140 valence electrons. The molecule has 1 heterocycles. The van der Waals surface area contributed by atoms with Gasteiger partial charge in [0.2, 0.25) is 5.91 Å². The van der Waals surface area contributed by atoms with Crippen molar-refractivity contribution in [2.24, 2.45) is 0 Å². The van der Waals surface area contributed by atoms with Crippen LogP contribution in [0.1, 0.15) is 40.9 Å². The van der Waals surface area contributed by atoms with E-state index in [2.05, 4.69) is 16.0 Å². The molecular weight excluding hydrogens is 360 g/mol. The number of nitrogen functional groups attached to an aromatic ring is 1. The Kier molecular flexibility index (Phi) is 4.65. The Balaban J connectivity index is 1.91. The summed E-state index contributed by atoms with van der Waals surface area (Å²) >= 11 is 5.41. The number of imide groups is 1. The van der Waals surface area contributed by atoms with Crippen LogP contribution in [0.3, 0.4) is 0 Å². The highest BCUT2D eigenvalue weighted by molar-refractivity contribution is 7.80. The SMILES string of the molecule is Cc1cccc(C)c1NC(=S)Nc1ccc2c(c1N)C(=O)NC(=O)C2(C)C. The molecule has 1 aliphatic rings. The maximum absolute atomic E-state index is 12.3. The summed E-state index contributed by atoms with van der Waals surface area (Å²) in [5, 5.41) is 8.97. The van der Waals surface area contributed by atoms with E-state index in [1.54, 1.807) is 26.0 Å². The highest BCUT2D eigenvalue weighted by Gasteiger charge is 2.40. The van der Waals surface area contributed by atoms with Crippen LogP contribution < -0.4 is 21.7 Å². The van der Waals surface area contributed by atoms with Gasteiger partial charge in [0.05, 0.1) is 22.4 Å². The maximum atomic E-state index is 12.3. The molecule has 5 N–H and O–H groups in total. The Morgan fingerprint density at radius 1 is 1.07 bits per heavy atom. The van der Waals surface area contributed by atoms with Gasteiger partial charge in [0.25, 0.3) is 5.91 Å². The number of carbonyl (C=O) groups excluding carboxylic acids is 2. The smallest absolute Gasteiger partial charge is 0.260 e. The van der Waals surface area contributed by atoms with E-state index in [4.69, 9.17) is 18.0 Å². The lowest BCUT2D eigenvalue weighted by Crippen LogP contribution is -2.49. The lowest BCUT2D eigenvalue weighted by Gasteiger charge is -2.32. The molecule has 0 saturated carbocycles. The van der Waals surface area contributed by atoms with Gasteiger partial charge in [-0.05, 0) is 62.7 Å². The van der Waals surface area contributed by atoms with Crippen LogP contribution in [-0.4, -0.2) is 16.9 Å². The van der Waals surface area contributed by atoms with Crippen molar-refractivity contribution in [3.05, 3.63) is 52.6 Å². The van der Waals surface area contributed by atoms with Gasteiger partial charge in [0.1, 0.15) is 0 Å². The summed E-state index contributed by atoms with van der Waals surface area (Å²) in [5.74, 6) is -0.837. The van der Waals surface area contributed by atoms with Crippen molar-refractivity contribution >= 4 is 46.2 Å². The quantitative estimate of drug-likeness (QED) is 0.362. The molecule has 0 fully saturated rings. The van der Waals surface area contributed by atoms with Gasteiger partial charge in [-0.3, -0.25) is 14.9 Å². The monoisotopic (exact) mass is 382 g/mol. The first-order valence-corrected chi connectivity index (χ1v) is 8.96. The topological polar surface area (TPSA) is 96.2 Å². The van der Waals surface area contributed by atoms with Gasteiger partial charge in [-0.2, -0.15) is 0 Å². The van der Waals surface area contributed by atoms with Crippen molar-refractivity contribution in [2.75, 3.05) is 16.4 Å². The minimum Gasteiger partial charge on any atom is -0.396 e. The van der Waals surface area contributed by atoms with E-state index in [0.29, 0.717) is 21.9 Å². The molecule has 0 spiro atoms. The number of fused-ring (bicyclic) bond motifs is 1. The number of anilines is 3. The van der Waals surface area contributed by atoms with E-state index in [0.717, 1.165) is 16.8 Å². The van der Waals surface area contributed by atoms with Crippen molar-refractivity contribution < 1.29 is 9.59 Å². The lowest BCUT2D eigenvalue weighted by atomic mass is 9.77. The normalized spacial score (nSPS) is 15.0. The summed E-state index contributed by atoms with van der Waals surface area (Å²) in [6, 6.07) is 9.45. The predicted octanol–water partition coefficient (Wildman–Crippen LogP) is 3.24. The van der Waals surface area contributed by atoms with Crippen LogP contribution in [0.5, 0.6) is 0 Å². The number of hydrogen-bond donors (Lipinski definition) is 4. The second kappa shape index (κ2) is 6.66. The molecule has 7 heteroatoms. The zero-order valence-corrected chi connectivity index (χ0v) is 16.5. The summed E-state index contributed by atoms with van der Waals surface area (Å²) in [6.07, 6.45) is 0. The zero-order chi connectivity index (χ0) is 19.9. The average molecular weight is 382 g/mol. The van der Waals surface area contributed by atoms with E-state index >= 15 is 0 Å². The van der Waals surface area contributed by atoms with Crippen molar-refractivity contribution in [1.82, 2.24) is 5.32 Å². The van der Waals surface area contributed by atoms with E-state index in [1.165, 1.54) is 0 Å². The highest BCUT2D eigenvalue weighted by Crippen LogP contribution is 2.37. The molecule has 0 aromatic heterocycles. The summed E-state index contributed by atoms with van der Waals surface area (Å²) in [4.78, 5) is 24.4. The van der Waals surface area contributed by atoms with Gasteiger partial charge in [0, 0.05) is 5.69 Å². The van der Waals surface area contributed by atoms with E-state index in [1.807, 2.05) is 32.0 Å². The molecule has 27 heavy (non-hydrogen) atoms. The fourth-order valence-electron chi connectivity index (χ4n) is 3.22. The van der Waals surface area contributed by atoms with E-state index < -0.39 is 11.3 Å². The predicted molar refractivity (Wildman–Crippen MR) is 112 cm³/mol. The second-order valence-corrected chi connectivity index (χ2v) is 7.61. The number of para-hydroxylation sites is 1. The molecule has 1 aliphatic heterocycles. The highest BCUT2D eigenvalue weighted by atomic mass is 32.1. The minimum absolute atomic E-state index is 0.260. The summed E-state index contributed by atoms with van der Waals surface area (Å²) in [7, 11) is 0. The standard InChI is InChI=1S/C20H22N4O2S/c1-10-6-5-7-11(2)16(10)23-19(27)22-13-9-8-12-14(15(13)21)17(25)24-18(26)20(12,3)4/h5-9H,21H2,1-4H3,(H2,22,23,27)(H,24,25,26). The molecule has 6 nitrogen and oxygen atoms in total. The fourth-order valence-corrected chi connectivity index (χ4v) is 3.43. The van der Waals surface area contributed by atoms with Gasteiger partial charge in [-0.25, -0.2) is 0 Å². The summed E-state index contributed by atoms with van der Waals surface area (Å²) in [5.41, 5.74) is 10.1. The molecule has 0 saturated heterocycles. The van der Waals surface area contributed by atoms with Gasteiger partial charge < -0.3 is 16.4 Å². The Morgan fingerprint density at radius 2 is 1.70 bits per heavy atom. The Hall–Kier alpha value is -2.93. The van der Waals surface area contributed by atoms with Crippen LogP contribution in [0.2, 0.25) is 0 Å². The number of aryl methyl sites for hydroxylation is 2. The number of thiocarbonyl (C=S) groups is 1. The molecule has 0 unspecified atom stereocenters. The van der Waals surface area contributed by atoms with Crippen LogP contribution in [-0.2, 0) is 10.2 Å². The first-order valence-electron chi connectivity index (χ1n) is 8.56. The van der Waals surface area contributed by atoms with E-state index in [-0.39, 0.29) is 11.6 Å². The van der Waals surface area contributed by atoms with Crippen LogP contribution in [0.4, 0.5) is 17.1 Å². The molecular formula is C20H22N4O2S. The molecule has 2 amide bonds. The summed E-state index contributed by atoms with van der Waals surface area (Å²) < 4.78 is 0. The average Bonchev–Trinajstić information content (AvgIpc) is 2.58. The van der Waals surface area contributed by atoms with Crippen LogP contribution in [0.25, 0.3) is 0 Å². The zero-order valence-electron chi connectivity index (χ0n) is 15.7. The lowest BCUT2D eigenvalue weighted by molar-refractivity contribution is -0.125. The van der Waals surface area contributed by atoms with Gasteiger partial charge in [0.15, 0.2) is 5.11 Å². The maximum Gasteiger partial charge on any atom is 0.260 e. The number of nitrogens with one attached hydrogen (secondary N) is 3. The third-order valence-electron chi connectivity index (χ3n) is 4.91. The third-order valence-corrected chi connectivity index (χ3v) is 5.11. The molecule has 0 radical (unpaired) electrons. The van der Waals surface area contributed by atoms with Crippen molar-refractivity contribution in [1.29, 1.82) is 0 Å². The fraction of sp³-hybridized carbons (Fsp3) is 0.250. The van der Waals surface area contributed by atoms with Gasteiger partial charge >= 0.3 is 0 Å². The number of benzene rings is 2. The second-order valence-electron chi connectivity index (χ2n) is 7.20. The van der Waals surface area contributed by atoms with Gasteiger partial charge in [-0.1, -0.05) is 24.3 Å². The molecule has 0 atom stereocenters. The molecule has 0 aliphatic carbocycles.